The van der Waals surface area contributed by atoms with Crippen LogP contribution in [0.4, 0.5) is 0 Å². The molecule has 0 amide bonds. The first-order valence-electron chi connectivity index (χ1n) is 7.66. The van der Waals surface area contributed by atoms with Gasteiger partial charge in [0.15, 0.2) is 11.4 Å². The molecule has 0 spiro atoms. The van der Waals surface area contributed by atoms with Crippen LogP contribution in [0.1, 0.15) is 35.8 Å². The van der Waals surface area contributed by atoms with Gasteiger partial charge in [0, 0.05) is 30.4 Å². The van der Waals surface area contributed by atoms with Crippen molar-refractivity contribution < 1.29 is 9.53 Å². The van der Waals surface area contributed by atoms with E-state index >= 15 is 0 Å². The molecule has 0 bridgehead atoms. The Morgan fingerprint density at radius 3 is 2.78 bits per heavy atom. The number of aryl methyl sites for hydroxylation is 1. The number of hydrogen-bond donors (Lipinski definition) is 0. The standard InChI is InChI=1S/C18H19N3O2/c1-4-5-16(22)15-9-18-19-10-14(11-21(18)20-15)13-6-7-17(23-3)12(2)8-13/h6-11H,4-5H2,1-3H3. The number of rotatable bonds is 5. The average molecular weight is 309 g/mol. The van der Waals surface area contributed by atoms with Gasteiger partial charge in [0.25, 0.3) is 0 Å². The molecule has 23 heavy (non-hydrogen) atoms. The summed E-state index contributed by atoms with van der Waals surface area (Å²) in [5.74, 6) is 0.911. The van der Waals surface area contributed by atoms with Crippen LogP contribution in [-0.4, -0.2) is 27.5 Å². The van der Waals surface area contributed by atoms with Crippen molar-refractivity contribution in [1.29, 1.82) is 0 Å². The lowest BCUT2D eigenvalue weighted by Crippen LogP contribution is -1.99. The molecule has 0 radical (unpaired) electrons. The largest absolute Gasteiger partial charge is 0.496 e. The molecule has 0 unspecified atom stereocenters. The van der Waals surface area contributed by atoms with Crippen molar-refractivity contribution in [3.63, 3.8) is 0 Å². The number of hydrogen-bond acceptors (Lipinski definition) is 4. The minimum absolute atomic E-state index is 0.0554. The highest BCUT2D eigenvalue weighted by atomic mass is 16.5. The van der Waals surface area contributed by atoms with Crippen molar-refractivity contribution in [1.82, 2.24) is 14.6 Å². The molecule has 0 saturated carbocycles. The SMILES string of the molecule is CCCC(=O)c1cc2ncc(-c3ccc(OC)c(C)c3)cn2n1. The van der Waals surface area contributed by atoms with Crippen LogP contribution in [0.2, 0.25) is 0 Å². The fraction of sp³-hybridized carbons (Fsp3) is 0.278. The molecular weight excluding hydrogens is 290 g/mol. The van der Waals surface area contributed by atoms with Gasteiger partial charge in [-0.2, -0.15) is 5.10 Å². The molecule has 0 aliphatic rings. The number of nitrogens with zero attached hydrogens (tertiary/aromatic N) is 3. The molecule has 5 heteroatoms. The van der Waals surface area contributed by atoms with E-state index in [1.807, 2.05) is 38.2 Å². The van der Waals surface area contributed by atoms with Gasteiger partial charge in [-0.3, -0.25) is 4.79 Å². The summed E-state index contributed by atoms with van der Waals surface area (Å²) in [6.07, 6.45) is 5.02. The highest BCUT2D eigenvalue weighted by Gasteiger charge is 2.11. The van der Waals surface area contributed by atoms with E-state index in [4.69, 9.17) is 4.74 Å². The first-order chi connectivity index (χ1) is 11.1. The van der Waals surface area contributed by atoms with Gasteiger partial charge in [-0.05, 0) is 36.6 Å². The molecule has 1 aromatic carbocycles. The van der Waals surface area contributed by atoms with Crippen molar-refractivity contribution >= 4 is 11.4 Å². The van der Waals surface area contributed by atoms with E-state index in [0.29, 0.717) is 17.8 Å². The summed E-state index contributed by atoms with van der Waals surface area (Å²) < 4.78 is 6.95. The van der Waals surface area contributed by atoms with Gasteiger partial charge in [-0.1, -0.05) is 13.0 Å². The fourth-order valence-electron chi connectivity index (χ4n) is 2.58. The molecule has 0 aliphatic carbocycles. The number of carbonyl (C=O) groups excluding carboxylic acids is 1. The van der Waals surface area contributed by atoms with Crippen molar-refractivity contribution in [2.24, 2.45) is 0 Å². The van der Waals surface area contributed by atoms with E-state index in [1.165, 1.54) is 0 Å². The van der Waals surface area contributed by atoms with Crippen LogP contribution >= 0.6 is 0 Å². The van der Waals surface area contributed by atoms with E-state index in [0.717, 1.165) is 28.9 Å². The second-order valence-corrected chi connectivity index (χ2v) is 5.53. The summed E-state index contributed by atoms with van der Waals surface area (Å²) in [5, 5.41) is 4.35. The van der Waals surface area contributed by atoms with Crippen LogP contribution in [0.25, 0.3) is 16.8 Å². The van der Waals surface area contributed by atoms with Gasteiger partial charge in [-0.15, -0.1) is 0 Å². The van der Waals surface area contributed by atoms with Gasteiger partial charge in [0.1, 0.15) is 11.4 Å². The maximum atomic E-state index is 12.0. The van der Waals surface area contributed by atoms with Crippen LogP contribution in [-0.2, 0) is 0 Å². The third-order valence-electron chi connectivity index (χ3n) is 3.80. The Hall–Kier alpha value is -2.69. The Balaban J connectivity index is 1.99. The summed E-state index contributed by atoms with van der Waals surface area (Å²) in [4.78, 5) is 16.4. The van der Waals surface area contributed by atoms with E-state index in [2.05, 4.69) is 10.1 Å². The summed E-state index contributed by atoms with van der Waals surface area (Å²) in [7, 11) is 1.66. The molecule has 2 aromatic heterocycles. The molecule has 2 heterocycles. The number of aromatic nitrogens is 3. The number of ketones is 1. The molecule has 0 N–H and O–H groups in total. The van der Waals surface area contributed by atoms with Gasteiger partial charge in [0.2, 0.25) is 0 Å². The molecule has 3 rings (SSSR count). The van der Waals surface area contributed by atoms with E-state index in [-0.39, 0.29) is 5.78 Å². The Bertz CT molecular complexity index is 868. The Labute approximate surface area is 134 Å². The third kappa shape index (κ3) is 2.95. The lowest BCUT2D eigenvalue weighted by atomic mass is 10.1. The fourth-order valence-corrected chi connectivity index (χ4v) is 2.58. The zero-order chi connectivity index (χ0) is 16.4. The zero-order valence-corrected chi connectivity index (χ0v) is 13.5. The van der Waals surface area contributed by atoms with Crippen LogP contribution in [0, 0.1) is 6.92 Å². The molecule has 0 aliphatic heterocycles. The number of ether oxygens (including phenoxy) is 1. The van der Waals surface area contributed by atoms with Gasteiger partial charge >= 0.3 is 0 Å². The third-order valence-corrected chi connectivity index (χ3v) is 3.80. The van der Waals surface area contributed by atoms with E-state index in [9.17, 15) is 4.79 Å². The first kappa shape index (κ1) is 15.2. The van der Waals surface area contributed by atoms with Crippen LogP contribution in [0.5, 0.6) is 5.75 Å². The van der Waals surface area contributed by atoms with Crippen molar-refractivity contribution in [3.8, 4) is 16.9 Å². The molecule has 0 saturated heterocycles. The zero-order valence-electron chi connectivity index (χ0n) is 13.5. The smallest absolute Gasteiger partial charge is 0.183 e. The molecule has 0 atom stereocenters. The number of fused-ring (bicyclic) bond motifs is 1. The van der Waals surface area contributed by atoms with Crippen molar-refractivity contribution in [2.75, 3.05) is 7.11 Å². The monoisotopic (exact) mass is 309 g/mol. The Kier molecular flexibility index (Phi) is 4.10. The molecule has 3 aromatic rings. The second-order valence-electron chi connectivity index (χ2n) is 5.53. The molecule has 0 fully saturated rings. The quantitative estimate of drug-likeness (QED) is 0.674. The summed E-state index contributed by atoms with van der Waals surface area (Å²) in [6.45, 7) is 3.99. The number of benzene rings is 1. The number of Topliss-reactive ketones (excluding diaryl/α,β-unsaturated/α-hetero) is 1. The maximum absolute atomic E-state index is 12.0. The van der Waals surface area contributed by atoms with Crippen molar-refractivity contribution in [2.45, 2.75) is 26.7 Å². The molecular formula is C18H19N3O2. The highest BCUT2D eigenvalue weighted by Crippen LogP contribution is 2.25. The van der Waals surface area contributed by atoms with Gasteiger partial charge in [0.05, 0.1) is 7.11 Å². The number of methoxy groups -OCH3 is 1. The summed E-state index contributed by atoms with van der Waals surface area (Å²) >= 11 is 0. The predicted molar refractivity (Wildman–Crippen MR) is 89.0 cm³/mol. The summed E-state index contributed by atoms with van der Waals surface area (Å²) in [5.41, 5.74) is 4.20. The lowest BCUT2D eigenvalue weighted by molar-refractivity contribution is 0.0976. The van der Waals surface area contributed by atoms with Crippen molar-refractivity contribution in [3.05, 3.63) is 47.9 Å². The molecule has 118 valence electrons. The first-order valence-corrected chi connectivity index (χ1v) is 7.66. The lowest BCUT2D eigenvalue weighted by Gasteiger charge is -2.07. The van der Waals surface area contributed by atoms with Crippen LogP contribution in [0.15, 0.2) is 36.7 Å². The second kappa shape index (κ2) is 6.20. The van der Waals surface area contributed by atoms with E-state index in [1.54, 1.807) is 23.9 Å². The van der Waals surface area contributed by atoms with E-state index < -0.39 is 0 Å². The Morgan fingerprint density at radius 1 is 1.26 bits per heavy atom. The highest BCUT2D eigenvalue weighted by molar-refractivity contribution is 5.95. The predicted octanol–water partition coefficient (Wildman–Crippen LogP) is 3.70. The number of carbonyl (C=O) groups is 1. The van der Waals surface area contributed by atoms with Crippen LogP contribution < -0.4 is 4.74 Å². The minimum atomic E-state index is 0.0554. The normalized spacial score (nSPS) is 10.9. The van der Waals surface area contributed by atoms with Gasteiger partial charge in [-0.25, -0.2) is 9.50 Å². The average Bonchev–Trinajstić information content (AvgIpc) is 2.98. The minimum Gasteiger partial charge on any atom is -0.496 e. The topological polar surface area (TPSA) is 56.5 Å². The molecule has 5 nitrogen and oxygen atoms in total. The van der Waals surface area contributed by atoms with Crippen LogP contribution in [0.3, 0.4) is 0 Å². The van der Waals surface area contributed by atoms with Gasteiger partial charge < -0.3 is 4.74 Å². The Morgan fingerprint density at radius 2 is 2.09 bits per heavy atom. The maximum Gasteiger partial charge on any atom is 0.183 e. The summed E-state index contributed by atoms with van der Waals surface area (Å²) in [6, 6.07) is 7.71.